The molecule has 1 fully saturated rings. The van der Waals surface area contributed by atoms with E-state index in [9.17, 15) is 14.0 Å². The minimum atomic E-state index is -1.13. The monoisotopic (exact) mass is 297 g/mol. The number of aliphatic carboxylic acids is 1. The molecule has 1 heterocycles. The summed E-state index contributed by atoms with van der Waals surface area (Å²) in [5.74, 6) is -1.93. The highest BCUT2D eigenvalue weighted by molar-refractivity contribution is 5.97. The van der Waals surface area contributed by atoms with Crippen molar-refractivity contribution in [3.05, 3.63) is 29.6 Å². The van der Waals surface area contributed by atoms with E-state index in [0.29, 0.717) is 0 Å². The number of rotatable bonds is 3. The zero-order valence-electron chi connectivity index (χ0n) is 11.7. The maximum atomic E-state index is 13.3. The molecule has 2 atom stereocenters. The zero-order chi connectivity index (χ0) is 15.6. The van der Waals surface area contributed by atoms with Gasteiger partial charge < -0.3 is 19.5 Å². The quantitative estimate of drug-likeness (QED) is 0.905. The van der Waals surface area contributed by atoms with Crippen LogP contribution in [0.1, 0.15) is 17.3 Å². The van der Waals surface area contributed by atoms with E-state index in [2.05, 4.69) is 0 Å². The number of benzene rings is 1. The zero-order valence-corrected chi connectivity index (χ0v) is 11.7. The molecule has 1 saturated heterocycles. The van der Waals surface area contributed by atoms with Gasteiger partial charge in [-0.3, -0.25) is 4.79 Å². The van der Waals surface area contributed by atoms with E-state index in [-0.39, 0.29) is 24.4 Å². The Morgan fingerprint density at radius 3 is 2.76 bits per heavy atom. The van der Waals surface area contributed by atoms with Crippen molar-refractivity contribution < 1.29 is 28.6 Å². The number of carboxylic acid groups (broad SMARTS) is 1. The van der Waals surface area contributed by atoms with Gasteiger partial charge in [0.25, 0.3) is 5.91 Å². The van der Waals surface area contributed by atoms with Crippen LogP contribution in [-0.4, -0.2) is 54.3 Å². The fraction of sp³-hybridized carbons (Fsp3) is 0.429. The summed E-state index contributed by atoms with van der Waals surface area (Å²) in [6.45, 7) is 1.83. The van der Waals surface area contributed by atoms with Gasteiger partial charge in [-0.15, -0.1) is 0 Å². The second-order valence-corrected chi connectivity index (χ2v) is 4.83. The highest BCUT2D eigenvalue weighted by Crippen LogP contribution is 2.23. The third kappa shape index (κ3) is 3.30. The molecule has 21 heavy (non-hydrogen) atoms. The Morgan fingerprint density at radius 1 is 1.43 bits per heavy atom. The molecule has 1 N–H and O–H groups in total. The summed E-state index contributed by atoms with van der Waals surface area (Å²) < 4.78 is 23.6. The van der Waals surface area contributed by atoms with E-state index < -0.39 is 29.9 Å². The van der Waals surface area contributed by atoms with Crippen molar-refractivity contribution in [2.24, 2.45) is 0 Å². The SMILES string of the molecule is COc1ccc(F)cc1C(=O)N1CC(C(=O)O)O[C@H](C)C1. The molecule has 0 aliphatic carbocycles. The van der Waals surface area contributed by atoms with Gasteiger partial charge in [-0.2, -0.15) is 0 Å². The third-order valence-corrected chi connectivity index (χ3v) is 3.21. The van der Waals surface area contributed by atoms with Crippen LogP contribution >= 0.6 is 0 Å². The second kappa shape index (κ2) is 6.09. The Balaban J connectivity index is 2.26. The molecular weight excluding hydrogens is 281 g/mol. The van der Waals surface area contributed by atoms with Crippen molar-refractivity contribution >= 4 is 11.9 Å². The minimum absolute atomic E-state index is 0.0655. The molecule has 6 nitrogen and oxygen atoms in total. The molecule has 0 bridgehead atoms. The van der Waals surface area contributed by atoms with Crippen molar-refractivity contribution in [2.45, 2.75) is 19.1 Å². The molecule has 1 aliphatic heterocycles. The van der Waals surface area contributed by atoms with Crippen LogP contribution in [0.25, 0.3) is 0 Å². The molecule has 1 aromatic carbocycles. The summed E-state index contributed by atoms with van der Waals surface area (Å²) in [6.07, 6.45) is -1.50. The first kappa shape index (κ1) is 15.2. The number of halogens is 1. The fourth-order valence-corrected chi connectivity index (χ4v) is 2.27. The lowest BCUT2D eigenvalue weighted by atomic mass is 10.1. The third-order valence-electron chi connectivity index (χ3n) is 3.21. The van der Waals surface area contributed by atoms with Crippen LogP contribution in [0.2, 0.25) is 0 Å². The molecule has 0 spiro atoms. The first-order chi connectivity index (χ1) is 9.92. The van der Waals surface area contributed by atoms with Crippen LogP contribution in [0.4, 0.5) is 4.39 Å². The maximum Gasteiger partial charge on any atom is 0.334 e. The van der Waals surface area contributed by atoms with Gasteiger partial charge in [0.1, 0.15) is 11.6 Å². The van der Waals surface area contributed by atoms with Gasteiger partial charge in [0.05, 0.1) is 25.3 Å². The van der Waals surface area contributed by atoms with E-state index in [0.717, 1.165) is 6.07 Å². The summed E-state index contributed by atoms with van der Waals surface area (Å²) in [5, 5.41) is 9.02. The normalized spacial score (nSPS) is 22.0. The average molecular weight is 297 g/mol. The Labute approximate surface area is 121 Å². The van der Waals surface area contributed by atoms with E-state index in [1.54, 1.807) is 6.92 Å². The highest BCUT2D eigenvalue weighted by Gasteiger charge is 2.33. The van der Waals surface area contributed by atoms with E-state index in [4.69, 9.17) is 14.6 Å². The lowest BCUT2D eigenvalue weighted by molar-refractivity contribution is -0.160. The number of morpholine rings is 1. The van der Waals surface area contributed by atoms with Gasteiger partial charge in [0, 0.05) is 6.54 Å². The molecular formula is C14H16FNO5. The number of nitrogens with zero attached hydrogens (tertiary/aromatic N) is 1. The molecule has 2 rings (SSSR count). The molecule has 0 aromatic heterocycles. The molecule has 1 aromatic rings. The first-order valence-corrected chi connectivity index (χ1v) is 6.43. The van der Waals surface area contributed by atoms with Gasteiger partial charge in [-0.05, 0) is 25.1 Å². The van der Waals surface area contributed by atoms with E-state index >= 15 is 0 Å². The van der Waals surface area contributed by atoms with Crippen molar-refractivity contribution in [1.82, 2.24) is 4.90 Å². The van der Waals surface area contributed by atoms with Gasteiger partial charge in [-0.25, -0.2) is 9.18 Å². The van der Waals surface area contributed by atoms with Gasteiger partial charge in [0.2, 0.25) is 0 Å². The fourth-order valence-electron chi connectivity index (χ4n) is 2.27. The number of carbonyl (C=O) groups excluding carboxylic acids is 1. The van der Waals surface area contributed by atoms with Crippen LogP contribution in [0.5, 0.6) is 5.75 Å². The first-order valence-electron chi connectivity index (χ1n) is 6.43. The molecule has 1 amide bonds. The van der Waals surface area contributed by atoms with Gasteiger partial charge in [-0.1, -0.05) is 0 Å². The lowest BCUT2D eigenvalue weighted by Crippen LogP contribution is -2.51. The molecule has 1 unspecified atom stereocenters. The van der Waals surface area contributed by atoms with E-state index in [1.807, 2.05) is 0 Å². The van der Waals surface area contributed by atoms with Crippen molar-refractivity contribution in [3.8, 4) is 5.75 Å². The van der Waals surface area contributed by atoms with Crippen molar-refractivity contribution in [1.29, 1.82) is 0 Å². The molecule has 114 valence electrons. The molecule has 1 aliphatic rings. The number of carbonyl (C=O) groups is 2. The smallest absolute Gasteiger partial charge is 0.334 e. The summed E-state index contributed by atoms with van der Waals surface area (Å²) in [6, 6.07) is 3.63. The Kier molecular flexibility index (Phi) is 4.42. The van der Waals surface area contributed by atoms with Crippen LogP contribution in [-0.2, 0) is 9.53 Å². The van der Waals surface area contributed by atoms with Crippen LogP contribution in [0.3, 0.4) is 0 Å². The summed E-state index contributed by atoms with van der Waals surface area (Å²) in [4.78, 5) is 24.8. The molecule has 0 radical (unpaired) electrons. The van der Waals surface area contributed by atoms with Crippen LogP contribution in [0.15, 0.2) is 18.2 Å². The predicted molar refractivity (Wildman–Crippen MR) is 70.8 cm³/mol. The second-order valence-electron chi connectivity index (χ2n) is 4.83. The minimum Gasteiger partial charge on any atom is -0.496 e. The van der Waals surface area contributed by atoms with Crippen molar-refractivity contribution in [3.63, 3.8) is 0 Å². The standard InChI is InChI=1S/C14H16FNO5/c1-8-6-16(7-12(21-8)14(18)19)13(17)10-5-9(15)3-4-11(10)20-2/h3-5,8,12H,6-7H2,1-2H3,(H,18,19)/t8-,12?/m1/s1. The summed E-state index contributed by atoms with van der Waals surface area (Å²) in [5.41, 5.74) is 0.0655. The average Bonchev–Trinajstić information content (AvgIpc) is 2.45. The maximum absolute atomic E-state index is 13.3. The Bertz CT molecular complexity index is 562. The summed E-state index contributed by atoms with van der Waals surface area (Å²) in [7, 11) is 1.38. The highest BCUT2D eigenvalue weighted by atomic mass is 19.1. The number of methoxy groups -OCH3 is 1. The topological polar surface area (TPSA) is 76.1 Å². The number of carboxylic acids is 1. The largest absolute Gasteiger partial charge is 0.496 e. The number of hydrogen-bond donors (Lipinski definition) is 1. The predicted octanol–water partition coefficient (Wildman–Crippen LogP) is 1.15. The molecule has 0 saturated carbocycles. The molecule has 7 heteroatoms. The lowest BCUT2D eigenvalue weighted by Gasteiger charge is -2.35. The Hall–Kier alpha value is -2.15. The Morgan fingerprint density at radius 2 is 2.14 bits per heavy atom. The summed E-state index contributed by atoms with van der Waals surface area (Å²) >= 11 is 0. The number of ether oxygens (including phenoxy) is 2. The van der Waals surface area contributed by atoms with Gasteiger partial charge >= 0.3 is 5.97 Å². The number of hydrogen-bond acceptors (Lipinski definition) is 4. The van der Waals surface area contributed by atoms with Crippen molar-refractivity contribution in [2.75, 3.05) is 20.2 Å². The van der Waals surface area contributed by atoms with E-state index in [1.165, 1.54) is 24.1 Å². The number of amides is 1. The van der Waals surface area contributed by atoms with Crippen LogP contribution < -0.4 is 4.74 Å². The van der Waals surface area contributed by atoms with Gasteiger partial charge in [0.15, 0.2) is 6.10 Å². The van der Waals surface area contributed by atoms with Crippen LogP contribution in [0, 0.1) is 5.82 Å².